The van der Waals surface area contributed by atoms with E-state index in [2.05, 4.69) is 139 Å². The van der Waals surface area contributed by atoms with Crippen molar-refractivity contribution in [1.29, 1.82) is 0 Å². The van der Waals surface area contributed by atoms with E-state index in [1.165, 1.54) is 27.8 Å². The molecule has 38 heavy (non-hydrogen) atoms. The van der Waals surface area contributed by atoms with Crippen molar-refractivity contribution in [2.24, 2.45) is 0 Å². The van der Waals surface area contributed by atoms with Gasteiger partial charge in [0.25, 0.3) is 0 Å². The zero-order valence-electron chi connectivity index (χ0n) is 21.0. The molecule has 1 heterocycles. The third-order valence-electron chi connectivity index (χ3n) is 7.40. The molecule has 0 saturated carbocycles. The smallest absolute Gasteiger partial charge is 0.135 e. The predicted molar refractivity (Wildman–Crippen MR) is 160 cm³/mol. The molecule has 0 bridgehead atoms. The second kappa shape index (κ2) is 9.57. The Morgan fingerprint density at radius 1 is 0.553 bits per heavy atom. The van der Waals surface area contributed by atoms with Gasteiger partial charge in [0.2, 0.25) is 0 Å². The van der Waals surface area contributed by atoms with Crippen molar-refractivity contribution in [2.75, 3.05) is 5.32 Å². The molecule has 0 saturated heterocycles. The van der Waals surface area contributed by atoms with Gasteiger partial charge in [-0.15, -0.1) is 0 Å². The Morgan fingerprint density at radius 3 is 1.74 bits per heavy atom. The molecule has 1 aliphatic carbocycles. The highest BCUT2D eigenvalue weighted by molar-refractivity contribution is 6.07. The molecule has 2 heteroatoms. The summed E-state index contributed by atoms with van der Waals surface area (Å²) in [6, 6.07) is 40.8. The van der Waals surface area contributed by atoms with Gasteiger partial charge in [0.15, 0.2) is 0 Å². The minimum atomic E-state index is 0.475. The van der Waals surface area contributed by atoms with Gasteiger partial charge in [0.1, 0.15) is 11.2 Å². The Bertz CT molecular complexity index is 1790. The first-order valence-electron chi connectivity index (χ1n) is 13.1. The number of hydrogen-bond donors (Lipinski definition) is 1. The van der Waals surface area contributed by atoms with E-state index >= 15 is 0 Å². The molecule has 1 atom stereocenters. The number of fused-ring (bicyclic) bond motifs is 3. The fourth-order valence-electron chi connectivity index (χ4n) is 5.32. The van der Waals surface area contributed by atoms with Crippen LogP contribution in [0.1, 0.15) is 17.9 Å². The summed E-state index contributed by atoms with van der Waals surface area (Å²) in [5, 5.41) is 5.82. The van der Waals surface area contributed by atoms with Gasteiger partial charge in [-0.1, -0.05) is 91.0 Å². The van der Waals surface area contributed by atoms with E-state index < -0.39 is 0 Å². The van der Waals surface area contributed by atoms with Crippen LogP contribution in [0.5, 0.6) is 0 Å². The minimum absolute atomic E-state index is 0.475. The van der Waals surface area contributed by atoms with Crippen LogP contribution in [-0.2, 0) is 0 Å². The molecule has 7 rings (SSSR count). The molecule has 0 spiro atoms. The normalized spacial score (nSPS) is 14.8. The van der Waals surface area contributed by atoms with Crippen LogP contribution in [0.15, 0.2) is 144 Å². The van der Waals surface area contributed by atoms with Crippen LogP contribution in [-0.4, -0.2) is 0 Å². The Labute approximate surface area is 222 Å². The lowest BCUT2D eigenvalue weighted by atomic mass is 9.92. The first kappa shape index (κ1) is 22.4. The van der Waals surface area contributed by atoms with E-state index in [0.717, 1.165) is 39.7 Å². The summed E-state index contributed by atoms with van der Waals surface area (Å²) in [5.41, 5.74) is 10.1. The molecular formula is C36H27NO. The largest absolute Gasteiger partial charge is 0.456 e. The third kappa shape index (κ3) is 4.31. The van der Waals surface area contributed by atoms with Crippen molar-refractivity contribution in [3.05, 3.63) is 145 Å². The van der Waals surface area contributed by atoms with E-state index in [1.807, 2.05) is 6.07 Å². The summed E-state index contributed by atoms with van der Waals surface area (Å²) in [6.45, 7) is 0. The quantitative estimate of drug-likeness (QED) is 0.260. The SMILES string of the molecule is C1=CCC(c2ccc(Nc3ccc(-c4ccc5oc6ccc(-c7ccccc7)cc6c5c4)cc3)cc2)C=C1. The first-order chi connectivity index (χ1) is 18.8. The van der Waals surface area contributed by atoms with Gasteiger partial charge in [-0.25, -0.2) is 0 Å². The molecule has 2 nitrogen and oxygen atoms in total. The van der Waals surface area contributed by atoms with Crippen LogP contribution in [0.25, 0.3) is 44.2 Å². The fourth-order valence-corrected chi connectivity index (χ4v) is 5.32. The number of rotatable bonds is 5. The maximum absolute atomic E-state index is 6.15. The van der Waals surface area contributed by atoms with Gasteiger partial charge < -0.3 is 9.73 Å². The van der Waals surface area contributed by atoms with Crippen LogP contribution >= 0.6 is 0 Å². The van der Waals surface area contributed by atoms with E-state index in [9.17, 15) is 0 Å². The van der Waals surface area contributed by atoms with E-state index in [4.69, 9.17) is 4.42 Å². The minimum Gasteiger partial charge on any atom is -0.456 e. The molecule has 1 N–H and O–H groups in total. The standard InChI is InChI=1S/C36H27NO/c1-3-7-25(8-4-1)27-11-17-31(18-12-27)37-32-19-13-28(14-20-32)30-16-22-36-34(24-30)33-23-29(15-21-35(33)38-36)26-9-5-2-6-10-26/h1-7,9-25,37H,8H2. The van der Waals surface area contributed by atoms with Gasteiger partial charge >= 0.3 is 0 Å². The molecule has 1 aliphatic rings. The van der Waals surface area contributed by atoms with Crippen molar-refractivity contribution in [3.63, 3.8) is 0 Å². The van der Waals surface area contributed by atoms with Gasteiger partial charge in [0.05, 0.1) is 0 Å². The average molecular weight is 490 g/mol. The first-order valence-corrected chi connectivity index (χ1v) is 13.1. The summed E-state index contributed by atoms with van der Waals surface area (Å²) in [4.78, 5) is 0. The second-order valence-electron chi connectivity index (χ2n) is 9.87. The lowest BCUT2D eigenvalue weighted by Crippen LogP contribution is -1.97. The Balaban J connectivity index is 1.14. The Hall–Kier alpha value is -4.82. The van der Waals surface area contributed by atoms with Gasteiger partial charge in [-0.3, -0.25) is 0 Å². The number of furan rings is 1. The maximum atomic E-state index is 6.15. The second-order valence-corrected chi connectivity index (χ2v) is 9.87. The third-order valence-corrected chi connectivity index (χ3v) is 7.40. The maximum Gasteiger partial charge on any atom is 0.135 e. The zero-order chi connectivity index (χ0) is 25.3. The molecule has 6 aromatic rings. The number of hydrogen-bond acceptors (Lipinski definition) is 2. The molecule has 0 amide bonds. The Kier molecular flexibility index (Phi) is 5.64. The summed E-state index contributed by atoms with van der Waals surface area (Å²) in [6.07, 6.45) is 9.82. The van der Waals surface area contributed by atoms with Crippen molar-refractivity contribution >= 4 is 33.3 Å². The summed E-state index contributed by atoms with van der Waals surface area (Å²) >= 11 is 0. The summed E-state index contributed by atoms with van der Waals surface area (Å²) < 4.78 is 6.15. The van der Waals surface area contributed by atoms with Gasteiger partial charge in [-0.2, -0.15) is 0 Å². The van der Waals surface area contributed by atoms with Crippen LogP contribution in [0.2, 0.25) is 0 Å². The van der Waals surface area contributed by atoms with Crippen LogP contribution in [0.3, 0.4) is 0 Å². The van der Waals surface area contributed by atoms with Gasteiger partial charge in [0, 0.05) is 28.1 Å². The topological polar surface area (TPSA) is 25.2 Å². The number of benzene rings is 5. The summed E-state index contributed by atoms with van der Waals surface area (Å²) in [7, 11) is 0. The van der Waals surface area contributed by atoms with Crippen LogP contribution in [0.4, 0.5) is 11.4 Å². The van der Waals surface area contributed by atoms with E-state index in [-0.39, 0.29) is 0 Å². The highest BCUT2D eigenvalue weighted by Crippen LogP contribution is 2.35. The number of anilines is 2. The highest BCUT2D eigenvalue weighted by atomic mass is 16.3. The van der Waals surface area contributed by atoms with Crippen molar-refractivity contribution < 1.29 is 4.42 Å². The average Bonchev–Trinajstić information content (AvgIpc) is 3.36. The molecule has 5 aromatic carbocycles. The molecule has 0 fully saturated rings. The monoisotopic (exact) mass is 489 g/mol. The number of nitrogens with one attached hydrogen (secondary N) is 1. The van der Waals surface area contributed by atoms with Crippen molar-refractivity contribution in [3.8, 4) is 22.3 Å². The summed E-state index contributed by atoms with van der Waals surface area (Å²) in [5.74, 6) is 0.475. The van der Waals surface area contributed by atoms with Crippen LogP contribution < -0.4 is 5.32 Å². The fraction of sp³-hybridized carbons (Fsp3) is 0.0556. The molecular weight excluding hydrogens is 462 g/mol. The lowest BCUT2D eigenvalue weighted by Gasteiger charge is -2.14. The molecule has 182 valence electrons. The lowest BCUT2D eigenvalue weighted by molar-refractivity contribution is 0.669. The molecule has 0 aliphatic heterocycles. The predicted octanol–water partition coefficient (Wildman–Crippen LogP) is 10.3. The Morgan fingerprint density at radius 2 is 1.13 bits per heavy atom. The molecule has 0 radical (unpaired) electrons. The van der Waals surface area contributed by atoms with Crippen molar-refractivity contribution in [2.45, 2.75) is 12.3 Å². The van der Waals surface area contributed by atoms with E-state index in [1.54, 1.807) is 0 Å². The van der Waals surface area contributed by atoms with Gasteiger partial charge in [-0.05, 0) is 82.8 Å². The van der Waals surface area contributed by atoms with Crippen molar-refractivity contribution in [1.82, 2.24) is 0 Å². The highest BCUT2D eigenvalue weighted by Gasteiger charge is 2.11. The molecule has 1 aromatic heterocycles. The number of allylic oxidation sites excluding steroid dienone is 4. The zero-order valence-corrected chi connectivity index (χ0v) is 21.0. The van der Waals surface area contributed by atoms with Crippen LogP contribution in [0, 0.1) is 0 Å². The molecule has 1 unspecified atom stereocenters. The van der Waals surface area contributed by atoms with E-state index in [0.29, 0.717) is 5.92 Å².